The van der Waals surface area contributed by atoms with Crippen molar-refractivity contribution >= 4 is 30.7 Å². The van der Waals surface area contributed by atoms with Crippen molar-refractivity contribution in [1.82, 2.24) is 19.8 Å². The van der Waals surface area contributed by atoms with Crippen LogP contribution < -0.4 is 5.32 Å². The lowest BCUT2D eigenvalue weighted by atomic mass is 9.92. The molecule has 2 fully saturated rings. The van der Waals surface area contributed by atoms with E-state index in [9.17, 15) is 4.79 Å². The van der Waals surface area contributed by atoms with Gasteiger partial charge in [0.15, 0.2) is 0 Å². The van der Waals surface area contributed by atoms with Crippen LogP contribution in [0.5, 0.6) is 0 Å². The van der Waals surface area contributed by atoms with E-state index in [-0.39, 0.29) is 36.8 Å². The summed E-state index contributed by atoms with van der Waals surface area (Å²) in [7, 11) is 0. The van der Waals surface area contributed by atoms with Crippen molar-refractivity contribution in [3.8, 4) is 0 Å². The predicted octanol–water partition coefficient (Wildman–Crippen LogP) is 3.56. The first-order valence-corrected chi connectivity index (χ1v) is 10.4. The number of carbonyl (C=O) groups excluding carboxylic acids is 1. The van der Waals surface area contributed by atoms with E-state index in [0.29, 0.717) is 5.92 Å². The molecule has 2 aromatic rings. The highest BCUT2D eigenvalue weighted by atomic mass is 35.5. The molecule has 1 aromatic heterocycles. The molecule has 1 saturated heterocycles. The van der Waals surface area contributed by atoms with Gasteiger partial charge in [-0.15, -0.1) is 24.8 Å². The smallest absolute Gasteiger partial charge is 0.240 e. The topological polar surface area (TPSA) is 50.2 Å². The fourth-order valence-electron chi connectivity index (χ4n) is 4.62. The third kappa shape index (κ3) is 4.79. The lowest BCUT2D eigenvalue weighted by Crippen LogP contribution is -2.51. The summed E-state index contributed by atoms with van der Waals surface area (Å²) in [6, 6.07) is 8.37. The molecule has 2 aliphatic heterocycles. The number of rotatable bonds is 4. The Morgan fingerprint density at radius 2 is 1.79 bits per heavy atom. The average molecular weight is 437 g/mol. The molecular weight excluding hydrogens is 407 g/mol. The maximum atomic E-state index is 13.0. The number of imidazole rings is 1. The minimum Gasteiger partial charge on any atom is -0.341 e. The van der Waals surface area contributed by atoms with Crippen molar-refractivity contribution < 1.29 is 4.79 Å². The molecule has 29 heavy (non-hydrogen) atoms. The van der Waals surface area contributed by atoms with Crippen LogP contribution in [0.1, 0.15) is 48.6 Å². The number of hydrogen-bond donors (Lipinski definition) is 1. The zero-order valence-electron chi connectivity index (χ0n) is 16.6. The van der Waals surface area contributed by atoms with Crippen LogP contribution in [0.25, 0.3) is 0 Å². The number of likely N-dealkylation sites (tertiary alicyclic amines) is 1. The van der Waals surface area contributed by atoms with E-state index in [1.807, 2.05) is 6.20 Å². The molecule has 0 radical (unpaired) electrons. The first-order chi connectivity index (χ1) is 13.3. The summed E-state index contributed by atoms with van der Waals surface area (Å²) in [4.78, 5) is 19.7. The monoisotopic (exact) mass is 436 g/mol. The Bertz CT molecular complexity index is 828. The number of nitrogens with zero attached hydrogens (tertiary/aromatic N) is 3. The largest absolute Gasteiger partial charge is 0.341 e. The molecule has 5 nitrogen and oxygen atoms in total. The van der Waals surface area contributed by atoms with Gasteiger partial charge < -0.3 is 14.8 Å². The van der Waals surface area contributed by atoms with Gasteiger partial charge in [0, 0.05) is 44.5 Å². The van der Waals surface area contributed by atoms with Crippen molar-refractivity contribution in [2.45, 2.75) is 57.2 Å². The molecule has 3 heterocycles. The summed E-state index contributed by atoms with van der Waals surface area (Å²) in [5.74, 6) is 2.85. The van der Waals surface area contributed by atoms with Gasteiger partial charge in [0.1, 0.15) is 5.82 Å². The Balaban J connectivity index is 0.00000120. The van der Waals surface area contributed by atoms with E-state index in [1.54, 1.807) is 0 Å². The first-order valence-electron chi connectivity index (χ1n) is 10.4. The van der Waals surface area contributed by atoms with Gasteiger partial charge in [-0.05, 0) is 49.1 Å². The van der Waals surface area contributed by atoms with E-state index in [2.05, 4.69) is 50.2 Å². The third-order valence-electron chi connectivity index (χ3n) is 6.45. The second-order valence-corrected chi connectivity index (χ2v) is 8.39. The summed E-state index contributed by atoms with van der Waals surface area (Å²) >= 11 is 0. The summed E-state index contributed by atoms with van der Waals surface area (Å²) in [5.41, 5.74) is 2.63. The van der Waals surface area contributed by atoms with Gasteiger partial charge in [-0.1, -0.05) is 24.3 Å². The van der Waals surface area contributed by atoms with Crippen molar-refractivity contribution in [2.75, 3.05) is 13.1 Å². The summed E-state index contributed by atoms with van der Waals surface area (Å²) < 4.78 is 2.36. The maximum Gasteiger partial charge on any atom is 0.240 e. The van der Waals surface area contributed by atoms with Gasteiger partial charge in [0.2, 0.25) is 5.91 Å². The molecule has 1 amide bonds. The molecule has 1 saturated carbocycles. The average Bonchev–Trinajstić information content (AvgIpc) is 3.42. The Labute approximate surface area is 185 Å². The van der Waals surface area contributed by atoms with Crippen LogP contribution in [0.15, 0.2) is 36.7 Å². The third-order valence-corrected chi connectivity index (χ3v) is 6.45. The van der Waals surface area contributed by atoms with E-state index < -0.39 is 0 Å². The van der Waals surface area contributed by atoms with Crippen LogP contribution in [0.4, 0.5) is 0 Å². The predicted molar refractivity (Wildman–Crippen MR) is 119 cm³/mol. The minimum absolute atomic E-state index is 0. The fourth-order valence-corrected chi connectivity index (χ4v) is 4.62. The molecule has 158 valence electrons. The molecular formula is C22H30Cl2N4O. The molecule has 5 rings (SSSR count). The second kappa shape index (κ2) is 9.50. The van der Waals surface area contributed by atoms with Gasteiger partial charge in [0.05, 0.1) is 6.04 Å². The van der Waals surface area contributed by atoms with E-state index in [0.717, 1.165) is 51.4 Å². The molecule has 1 aromatic carbocycles. The minimum atomic E-state index is -0.0756. The Hall–Kier alpha value is -1.56. The number of halogens is 2. The van der Waals surface area contributed by atoms with E-state index >= 15 is 0 Å². The van der Waals surface area contributed by atoms with Gasteiger partial charge in [-0.2, -0.15) is 0 Å². The van der Waals surface area contributed by atoms with Crippen LogP contribution in [-0.4, -0.2) is 39.5 Å². The van der Waals surface area contributed by atoms with Crippen molar-refractivity contribution in [1.29, 1.82) is 0 Å². The van der Waals surface area contributed by atoms with E-state index in [1.165, 1.54) is 29.8 Å². The Morgan fingerprint density at radius 1 is 1.07 bits per heavy atom. The molecule has 0 unspecified atom stereocenters. The van der Waals surface area contributed by atoms with Crippen LogP contribution in [0.3, 0.4) is 0 Å². The second-order valence-electron chi connectivity index (χ2n) is 8.39. The number of carbonyl (C=O) groups is 1. The lowest BCUT2D eigenvalue weighted by molar-refractivity contribution is -0.134. The highest BCUT2D eigenvalue weighted by Crippen LogP contribution is 2.33. The fraction of sp³-hybridized carbons (Fsp3) is 0.545. The lowest BCUT2D eigenvalue weighted by Gasteiger charge is -2.35. The Kier molecular flexibility index (Phi) is 7.25. The number of hydrogen-bond acceptors (Lipinski definition) is 3. The number of amides is 1. The van der Waals surface area contributed by atoms with Gasteiger partial charge in [-0.3, -0.25) is 4.79 Å². The number of aromatic nitrogens is 2. The molecule has 1 N–H and O–H groups in total. The Morgan fingerprint density at radius 3 is 2.52 bits per heavy atom. The number of fused-ring (bicyclic) bond motifs is 1. The zero-order valence-corrected chi connectivity index (χ0v) is 18.3. The van der Waals surface area contributed by atoms with Crippen LogP contribution in [0.2, 0.25) is 0 Å². The summed E-state index contributed by atoms with van der Waals surface area (Å²) in [5, 5.41) is 3.44. The quantitative estimate of drug-likeness (QED) is 0.796. The normalized spacial score (nSPS) is 21.7. The van der Waals surface area contributed by atoms with Crippen molar-refractivity contribution in [2.24, 2.45) is 5.92 Å². The molecule has 1 aliphatic carbocycles. The van der Waals surface area contributed by atoms with Crippen LogP contribution in [0, 0.1) is 5.92 Å². The van der Waals surface area contributed by atoms with Gasteiger partial charge >= 0.3 is 0 Å². The van der Waals surface area contributed by atoms with Gasteiger partial charge in [-0.25, -0.2) is 4.98 Å². The molecule has 1 atom stereocenters. The standard InChI is InChI=1S/C22H28N4O.2ClH/c27-22(20-13-18-3-1-2-4-19(18)14-24-20)25-10-7-17(8-11-25)21-23-9-12-26(21)15-16-5-6-16;;/h1-4,9,12,16-17,20,24H,5-8,10-11,13-15H2;2*1H/t20-;;/m1../s1. The number of benzene rings is 1. The summed E-state index contributed by atoms with van der Waals surface area (Å²) in [6.07, 6.45) is 9.66. The number of nitrogens with one attached hydrogen (secondary N) is 1. The summed E-state index contributed by atoms with van der Waals surface area (Å²) in [6.45, 7) is 3.61. The zero-order chi connectivity index (χ0) is 18.2. The van der Waals surface area contributed by atoms with Crippen LogP contribution in [-0.2, 0) is 24.3 Å². The van der Waals surface area contributed by atoms with E-state index in [4.69, 9.17) is 0 Å². The van der Waals surface area contributed by atoms with Crippen molar-refractivity contribution in [3.05, 3.63) is 53.6 Å². The molecule has 0 spiro atoms. The highest BCUT2D eigenvalue weighted by Gasteiger charge is 2.32. The molecule has 3 aliphatic rings. The number of piperidine rings is 1. The first kappa shape index (κ1) is 22.1. The molecule has 0 bridgehead atoms. The highest BCUT2D eigenvalue weighted by molar-refractivity contribution is 5.85. The van der Waals surface area contributed by atoms with Crippen LogP contribution >= 0.6 is 24.8 Å². The molecule has 7 heteroatoms. The maximum absolute atomic E-state index is 13.0. The van der Waals surface area contributed by atoms with Gasteiger partial charge in [0.25, 0.3) is 0 Å². The SMILES string of the molecule is Cl.Cl.O=C([C@H]1Cc2ccccc2CN1)N1CCC(c2nccn2CC2CC2)CC1. The van der Waals surface area contributed by atoms with Crippen molar-refractivity contribution in [3.63, 3.8) is 0 Å².